The Balaban J connectivity index is 2.10. The maximum Gasteiger partial charge on any atom is 0.225 e. The maximum atomic E-state index is 4.20. The summed E-state index contributed by atoms with van der Waals surface area (Å²) in [5, 5.41) is 21.1. The molecule has 0 saturated carbocycles. The van der Waals surface area contributed by atoms with Crippen molar-refractivity contribution in [3.05, 3.63) is 11.3 Å². The summed E-state index contributed by atoms with van der Waals surface area (Å²) in [5.74, 6) is 0.577. The van der Waals surface area contributed by atoms with Crippen LogP contribution in [0.2, 0.25) is 0 Å². The van der Waals surface area contributed by atoms with Gasteiger partial charge in [0.25, 0.3) is 0 Å². The van der Waals surface area contributed by atoms with Crippen molar-refractivity contribution in [1.82, 2.24) is 30.8 Å². The minimum Gasteiger partial charge on any atom is -0.282 e. The van der Waals surface area contributed by atoms with Crippen LogP contribution in [0.25, 0.3) is 11.5 Å². The van der Waals surface area contributed by atoms with Crippen LogP contribution in [-0.4, -0.2) is 34.7 Å². The Morgan fingerprint density at radius 2 is 2.21 bits per heavy atom. The first-order valence-electron chi connectivity index (χ1n) is 4.28. The Kier molecular flexibility index (Phi) is 1.79. The van der Waals surface area contributed by atoms with E-state index in [1.807, 2.05) is 0 Å². The number of H-pyrrole nitrogens is 2. The Morgan fingerprint density at radius 1 is 1.29 bits per heavy atom. The number of fused-ring (bicyclic) bond motifs is 1. The summed E-state index contributed by atoms with van der Waals surface area (Å²) in [6, 6.07) is 0. The first-order chi connectivity index (χ1) is 6.84. The fourth-order valence-corrected chi connectivity index (χ4v) is 2.63. The lowest BCUT2D eigenvalue weighted by atomic mass is 10.2. The molecule has 2 aromatic rings. The van der Waals surface area contributed by atoms with Crippen molar-refractivity contribution in [3.63, 3.8) is 0 Å². The summed E-state index contributed by atoms with van der Waals surface area (Å²) in [6.07, 6.45) is 2.09. The molecular weight excluding hydrogens is 295 g/mol. The van der Waals surface area contributed by atoms with Crippen LogP contribution in [0.4, 0.5) is 0 Å². The molecule has 14 heavy (non-hydrogen) atoms. The third-order valence-corrected chi connectivity index (χ3v) is 3.24. The largest absolute Gasteiger partial charge is 0.282 e. The van der Waals surface area contributed by atoms with Gasteiger partial charge in [-0.05, 0) is 11.6 Å². The van der Waals surface area contributed by atoms with E-state index in [0.717, 1.165) is 18.5 Å². The number of nitrogens with zero attached hydrogens (tertiary/aromatic N) is 4. The van der Waals surface area contributed by atoms with Crippen molar-refractivity contribution in [2.45, 2.75) is 16.8 Å². The van der Waals surface area contributed by atoms with E-state index in [4.69, 9.17) is 0 Å². The van der Waals surface area contributed by atoms with Gasteiger partial charge in [0.05, 0.1) is 0 Å². The fourth-order valence-electron chi connectivity index (χ4n) is 1.75. The average Bonchev–Trinajstić information content (AvgIpc) is 2.77. The molecule has 0 aliphatic heterocycles. The Labute approximate surface area is 93.0 Å². The molecule has 2 heterocycles. The van der Waals surface area contributed by atoms with Crippen LogP contribution in [0.15, 0.2) is 0 Å². The highest BCUT2D eigenvalue weighted by molar-refractivity contribution is 14.1. The van der Waals surface area contributed by atoms with Gasteiger partial charge in [-0.3, -0.25) is 5.10 Å². The minimum absolute atomic E-state index is 0.577. The lowest BCUT2D eigenvalue weighted by molar-refractivity contribution is 0.881. The molecule has 1 unspecified atom stereocenters. The maximum absolute atomic E-state index is 4.20. The van der Waals surface area contributed by atoms with Gasteiger partial charge in [0.2, 0.25) is 5.82 Å². The van der Waals surface area contributed by atoms with Crippen molar-refractivity contribution >= 4 is 22.6 Å². The van der Waals surface area contributed by atoms with E-state index in [0.29, 0.717) is 9.75 Å². The van der Waals surface area contributed by atoms with Gasteiger partial charge in [-0.25, -0.2) is 0 Å². The number of aromatic amines is 2. The van der Waals surface area contributed by atoms with Gasteiger partial charge in [0.15, 0.2) is 0 Å². The summed E-state index contributed by atoms with van der Waals surface area (Å²) < 4.78 is 0.655. The lowest BCUT2D eigenvalue weighted by Gasteiger charge is -1.95. The standard InChI is InChI=1S/C7H7IN6/c8-3-1-4-5(2-3)9-10-6(4)7-11-13-14-12-7/h3H,1-2H2,(H,9,10)(H,11,12,13,14). The summed E-state index contributed by atoms with van der Waals surface area (Å²) in [4.78, 5) is 0. The molecule has 0 saturated heterocycles. The first-order valence-corrected chi connectivity index (χ1v) is 5.53. The molecule has 72 valence electrons. The topological polar surface area (TPSA) is 83.1 Å². The molecule has 3 rings (SSSR count). The van der Waals surface area contributed by atoms with Gasteiger partial charge in [0, 0.05) is 21.6 Å². The highest BCUT2D eigenvalue weighted by Crippen LogP contribution is 2.31. The third kappa shape index (κ3) is 1.15. The van der Waals surface area contributed by atoms with Gasteiger partial charge >= 0.3 is 0 Å². The Morgan fingerprint density at radius 3 is 3.00 bits per heavy atom. The smallest absolute Gasteiger partial charge is 0.225 e. The molecule has 7 heteroatoms. The van der Waals surface area contributed by atoms with Crippen LogP contribution in [-0.2, 0) is 12.8 Å². The number of hydrogen-bond acceptors (Lipinski definition) is 4. The van der Waals surface area contributed by atoms with Gasteiger partial charge in [-0.15, -0.1) is 10.2 Å². The van der Waals surface area contributed by atoms with E-state index in [1.54, 1.807) is 0 Å². The second kappa shape index (κ2) is 3.01. The molecular formula is C7H7IN6. The molecule has 0 radical (unpaired) electrons. The van der Waals surface area contributed by atoms with Crippen molar-refractivity contribution in [1.29, 1.82) is 0 Å². The van der Waals surface area contributed by atoms with E-state index in [1.165, 1.54) is 11.3 Å². The molecule has 2 N–H and O–H groups in total. The van der Waals surface area contributed by atoms with Crippen LogP contribution >= 0.6 is 22.6 Å². The summed E-state index contributed by atoms with van der Waals surface area (Å²) in [6.45, 7) is 0. The van der Waals surface area contributed by atoms with Crippen LogP contribution in [0.5, 0.6) is 0 Å². The van der Waals surface area contributed by atoms with E-state index in [9.17, 15) is 0 Å². The SMILES string of the molecule is IC1Cc2[nH]nc(-c3nn[nH]n3)c2C1. The summed E-state index contributed by atoms with van der Waals surface area (Å²) in [5.41, 5.74) is 3.29. The number of tetrazole rings is 1. The number of alkyl halides is 1. The second-order valence-electron chi connectivity index (χ2n) is 3.27. The molecule has 0 fully saturated rings. The second-order valence-corrected chi connectivity index (χ2v) is 5.03. The number of nitrogens with one attached hydrogen (secondary N) is 2. The van der Waals surface area contributed by atoms with Crippen molar-refractivity contribution in [2.75, 3.05) is 0 Å². The van der Waals surface area contributed by atoms with Gasteiger partial charge in [-0.1, -0.05) is 22.6 Å². The highest BCUT2D eigenvalue weighted by atomic mass is 127. The van der Waals surface area contributed by atoms with Gasteiger partial charge in [0.1, 0.15) is 5.69 Å². The van der Waals surface area contributed by atoms with Crippen LogP contribution < -0.4 is 0 Å². The lowest BCUT2D eigenvalue weighted by Crippen LogP contribution is -1.97. The van der Waals surface area contributed by atoms with E-state index >= 15 is 0 Å². The number of halogens is 1. The van der Waals surface area contributed by atoms with Crippen LogP contribution in [0, 0.1) is 0 Å². The zero-order valence-corrected chi connectivity index (χ0v) is 9.32. The number of aromatic nitrogens is 6. The number of rotatable bonds is 1. The predicted octanol–water partition coefficient (Wildman–Crippen LogP) is 0.492. The Hall–Kier alpha value is -0.990. The summed E-state index contributed by atoms with van der Waals surface area (Å²) in [7, 11) is 0. The predicted molar refractivity (Wildman–Crippen MR) is 57.0 cm³/mol. The third-order valence-electron chi connectivity index (χ3n) is 2.36. The minimum atomic E-state index is 0.577. The molecule has 1 aliphatic carbocycles. The van der Waals surface area contributed by atoms with E-state index < -0.39 is 0 Å². The zero-order chi connectivity index (χ0) is 9.54. The first kappa shape index (κ1) is 8.33. The monoisotopic (exact) mass is 302 g/mol. The fraction of sp³-hybridized carbons (Fsp3) is 0.429. The molecule has 0 aromatic carbocycles. The average molecular weight is 302 g/mol. The van der Waals surface area contributed by atoms with Crippen LogP contribution in [0.3, 0.4) is 0 Å². The molecule has 2 aromatic heterocycles. The quantitative estimate of drug-likeness (QED) is 0.593. The van der Waals surface area contributed by atoms with Gasteiger partial charge < -0.3 is 0 Å². The van der Waals surface area contributed by atoms with E-state index in [-0.39, 0.29) is 0 Å². The Bertz CT molecular complexity index is 447. The normalized spacial score (nSPS) is 19.9. The van der Waals surface area contributed by atoms with Crippen molar-refractivity contribution in [2.24, 2.45) is 0 Å². The summed E-state index contributed by atoms with van der Waals surface area (Å²) >= 11 is 2.45. The van der Waals surface area contributed by atoms with Crippen molar-refractivity contribution in [3.8, 4) is 11.5 Å². The molecule has 0 spiro atoms. The molecule has 1 atom stereocenters. The highest BCUT2D eigenvalue weighted by Gasteiger charge is 2.26. The molecule has 0 bridgehead atoms. The van der Waals surface area contributed by atoms with E-state index in [2.05, 4.69) is 53.4 Å². The van der Waals surface area contributed by atoms with Crippen molar-refractivity contribution < 1.29 is 0 Å². The molecule has 6 nitrogen and oxygen atoms in total. The molecule has 1 aliphatic rings. The van der Waals surface area contributed by atoms with Crippen LogP contribution in [0.1, 0.15) is 11.3 Å². The number of hydrogen-bond donors (Lipinski definition) is 2. The van der Waals surface area contributed by atoms with Gasteiger partial charge in [-0.2, -0.15) is 10.3 Å². The zero-order valence-electron chi connectivity index (χ0n) is 7.16. The molecule has 0 amide bonds.